The summed E-state index contributed by atoms with van der Waals surface area (Å²) in [5.41, 5.74) is 1.56. The van der Waals surface area contributed by atoms with Crippen LogP contribution < -0.4 is 0 Å². The topological polar surface area (TPSA) is 0 Å². The first-order chi connectivity index (χ1) is 7.84. The Morgan fingerprint density at radius 2 is 1.56 bits per heavy atom. The van der Waals surface area contributed by atoms with Crippen molar-refractivity contribution in [3.63, 3.8) is 0 Å². The molecule has 0 saturated carbocycles. The first-order valence-corrected chi connectivity index (χ1v) is 10.3. The number of rotatable bonds is 2. The summed E-state index contributed by atoms with van der Waals surface area (Å²) in [5, 5.41) is 0. The van der Waals surface area contributed by atoms with Crippen LogP contribution in [0.3, 0.4) is 0 Å². The van der Waals surface area contributed by atoms with E-state index in [0.717, 1.165) is 0 Å². The van der Waals surface area contributed by atoms with Crippen LogP contribution in [0.1, 0.15) is 18.4 Å². The van der Waals surface area contributed by atoms with E-state index in [9.17, 15) is 0 Å². The minimum Gasteiger partial charge on any atom is -0.110 e. The zero-order chi connectivity index (χ0) is 11.2. The Hall–Kier alpha value is 0.0800. The summed E-state index contributed by atoms with van der Waals surface area (Å²) in [6.45, 7) is 2.49. The second-order valence-corrected chi connectivity index (χ2v) is 9.93. The van der Waals surface area contributed by atoms with Gasteiger partial charge in [-0.15, -0.1) is 15.8 Å². The van der Waals surface area contributed by atoms with E-state index in [1.54, 1.807) is 5.56 Å². The molecule has 1 aliphatic rings. The smallest absolute Gasteiger partial charge is 0.00731 e. The van der Waals surface area contributed by atoms with Gasteiger partial charge in [-0.25, -0.2) is 0 Å². The summed E-state index contributed by atoms with van der Waals surface area (Å²) < 4.78 is 0. The maximum Gasteiger partial charge on any atom is -0.00731 e. The SMILES string of the molecule is CP1CCCP(Cc2ccccc2)CCC1. The molecule has 0 aliphatic carbocycles. The summed E-state index contributed by atoms with van der Waals surface area (Å²) in [6.07, 6.45) is 10.5. The summed E-state index contributed by atoms with van der Waals surface area (Å²) in [6, 6.07) is 11.1. The molecule has 1 fully saturated rings. The molecule has 88 valence electrons. The van der Waals surface area contributed by atoms with E-state index < -0.39 is 0 Å². The molecule has 1 aromatic rings. The molecule has 0 nitrogen and oxygen atoms in total. The third-order valence-electron chi connectivity index (χ3n) is 3.28. The standard InChI is InChI=1S/C14H22P2/c1-15-9-5-11-16(12-6-10-15)13-14-7-3-2-4-8-14/h2-4,7-8H,5-6,9-13H2,1H3. The fourth-order valence-electron chi connectivity index (χ4n) is 2.35. The van der Waals surface area contributed by atoms with Crippen LogP contribution in [0.5, 0.6) is 0 Å². The van der Waals surface area contributed by atoms with Gasteiger partial charge in [0.2, 0.25) is 0 Å². The molecule has 1 aromatic carbocycles. The lowest BCUT2D eigenvalue weighted by atomic mass is 10.2. The van der Waals surface area contributed by atoms with Crippen molar-refractivity contribution < 1.29 is 0 Å². The van der Waals surface area contributed by atoms with Gasteiger partial charge < -0.3 is 0 Å². The lowest BCUT2D eigenvalue weighted by Crippen LogP contribution is -2.03. The van der Waals surface area contributed by atoms with Crippen molar-refractivity contribution in [3.8, 4) is 0 Å². The zero-order valence-electron chi connectivity index (χ0n) is 10.2. The largest absolute Gasteiger partial charge is 0.110 e. The van der Waals surface area contributed by atoms with E-state index in [4.69, 9.17) is 0 Å². The average molecular weight is 252 g/mol. The fraction of sp³-hybridized carbons (Fsp3) is 0.571. The molecule has 0 unspecified atom stereocenters. The Labute approximate surface area is 102 Å². The summed E-state index contributed by atoms with van der Waals surface area (Å²) >= 11 is 0. The van der Waals surface area contributed by atoms with Crippen molar-refractivity contribution >= 4 is 15.8 Å². The van der Waals surface area contributed by atoms with Crippen molar-refractivity contribution in [2.75, 3.05) is 31.3 Å². The molecule has 0 radical (unpaired) electrons. The molecule has 0 bridgehead atoms. The van der Waals surface area contributed by atoms with Crippen LogP contribution in [0.2, 0.25) is 0 Å². The molecular weight excluding hydrogens is 230 g/mol. The molecule has 2 rings (SSSR count). The predicted octanol–water partition coefficient (Wildman–Crippen LogP) is 4.57. The zero-order valence-corrected chi connectivity index (χ0v) is 12.0. The molecular formula is C14H22P2. The first-order valence-electron chi connectivity index (χ1n) is 6.29. The lowest BCUT2D eigenvalue weighted by molar-refractivity contribution is 1.02. The summed E-state index contributed by atoms with van der Waals surface area (Å²) in [7, 11) is 0.696. The highest BCUT2D eigenvalue weighted by Crippen LogP contribution is 2.46. The Morgan fingerprint density at radius 3 is 2.19 bits per heavy atom. The Morgan fingerprint density at radius 1 is 0.938 bits per heavy atom. The normalized spacial score (nSPS) is 27.1. The maximum absolute atomic E-state index is 2.49. The van der Waals surface area contributed by atoms with Gasteiger partial charge in [-0.1, -0.05) is 30.3 Å². The van der Waals surface area contributed by atoms with Gasteiger partial charge in [0.25, 0.3) is 0 Å². The minimum absolute atomic E-state index is 0.300. The summed E-state index contributed by atoms with van der Waals surface area (Å²) in [5.74, 6) is 0. The number of hydrogen-bond acceptors (Lipinski definition) is 0. The molecule has 0 aromatic heterocycles. The van der Waals surface area contributed by atoms with Crippen LogP contribution in [0.25, 0.3) is 0 Å². The first kappa shape index (κ1) is 12.5. The van der Waals surface area contributed by atoms with E-state index >= 15 is 0 Å². The van der Waals surface area contributed by atoms with Gasteiger partial charge in [0.05, 0.1) is 0 Å². The van der Waals surface area contributed by atoms with Crippen LogP contribution in [0.15, 0.2) is 30.3 Å². The van der Waals surface area contributed by atoms with Crippen LogP contribution >= 0.6 is 15.8 Å². The maximum atomic E-state index is 2.49. The van der Waals surface area contributed by atoms with Gasteiger partial charge in [-0.2, -0.15) is 0 Å². The lowest BCUT2D eigenvalue weighted by Gasteiger charge is -2.23. The minimum atomic E-state index is 0.300. The molecule has 0 amide bonds. The van der Waals surface area contributed by atoms with Crippen molar-refractivity contribution in [1.29, 1.82) is 0 Å². The molecule has 16 heavy (non-hydrogen) atoms. The molecule has 2 heteroatoms. The van der Waals surface area contributed by atoms with E-state index in [2.05, 4.69) is 37.0 Å². The number of hydrogen-bond donors (Lipinski definition) is 0. The fourth-order valence-corrected chi connectivity index (χ4v) is 6.95. The highest BCUT2D eigenvalue weighted by atomic mass is 31.1. The summed E-state index contributed by atoms with van der Waals surface area (Å²) in [4.78, 5) is 0. The molecule has 0 atom stereocenters. The molecule has 0 spiro atoms. The Bertz CT molecular complexity index is 287. The van der Waals surface area contributed by atoms with Crippen LogP contribution in [-0.4, -0.2) is 31.3 Å². The van der Waals surface area contributed by atoms with Gasteiger partial charge in [0.1, 0.15) is 0 Å². The molecule has 0 N–H and O–H groups in total. The number of benzene rings is 1. The van der Waals surface area contributed by atoms with Crippen molar-refractivity contribution in [2.45, 2.75) is 19.0 Å². The highest BCUT2D eigenvalue weighted by Gasteiger charge is 2.13. The molecule has 1 heterocycles. The van der Waals surface area contributed by atoms with Crippen LogP contribution in [-0.2, 0) is 6.16 Å². The monoisotopic (exact) mass is 252 g/mol. The predicted molar refractivity (Wildman–Crippen MR) is 78.6 cm³/mol. The van der Waals surface area contributed by atoms with E-state index in [-0.39, 0.29) is 0 Å². The van der Waals surface area contributed by atoms with Gasteiger partial charge in [0, 0.05) is 0 Å². The average Bonchev–Trinajstić information content (AvgIpc) is 2.27. The quantitative estimate of drug-likeness (QED) is 0.676. The van der Waals surface area contributed by atoms with Crippen molar-refractivity contribution in [3.05, 3.63) is 35.9 Å². The third-order valence-corrected chi connectivity index (χ3v) is 8.15. The Balaban J connectivity index is 1.85. The van der Waals surface area contributed by atoms with E-state index in [1.165, 1.54) is 43.7 Å². The van der Waals surface area contributed by atoms with E-state index in [1.807, 2.05) is 0 Å². The van der Waals surface area contributed by atoms with Gasteiger partial charge in [-0.3, -0.25) is 0 Å². The highest BCUT2D eigenvalue weighted by molar-refractivity contribution is 7.58. The third kappa shape index (κ3) is 4.15. The second-order valence-electron chi connectivity index (χ2n) is 4.77. The molecule has 1 aliphatic heterocycles. The van der Waals surface area contributed by atoms with Crippen LogP contribution in [0, 0.1) is 0 Å². The Kier molecular flexibility index (Phi) is 5.27. The van der Waals surface area contributed by atoms with Gasteiger partial charge in [-0.05, 0) is 55.9 Å². The molecule has 1 saturated heterocycles. The van der Waals surface area contributed by atoms with Crippen molar-refractivity contribution in [2.24, 2.45) is 0 Å². The van der Waals surface area contributed by atoms with Gasteiger partial charge in [0.15, 0.2) is 0 Å². The van der Waals surface area contributed by atoms with Gasteiger partial charge >= 0.3 is 0 Å². The van der Waals surface area contributed by atoms with Crippen molar-refractivity contribution in [1.82, 2.24) is 0 Å². The van der Waals surface area contributed by atoms with E-state index in [0.29, 0.717) is 15.8 Å². The second kappa shape index (κ2) is 6.73. The van der Waals surface area contributed by atoms with Crippen LogP contribution in [0.4, 0.5) is 0 Å².